The number of thioether (sulfide) groups is 1. The number of carbonyl (C=O) groups excluding carboxylic acids is 1. The molecule has 1 aromatic rings. The summed E-state index contributed by atoms with van der Waals surface area (Å²) in [6.07, 6.45) is 3.70. The molecule has 2 fully saturated rings. The van der Waals surface area contributed by atoms with Crippen molar-refractivity contribution in [2.75, 3.05) is 37.7 Å². The second-order valence-electron chi connectivity index (χ2n) is 5.59. The number of nitriles is 1. The fourth-order valence-corrected chi connectivity index (χ4v) is 4.06. The minimum Gasteiger partial charge on any atom is -0.356 e. The van der Waals surface area contributed by atoms with Gasteiger partial charge in [0.15, 0.2) is 0 Å². The van der Waals surface area contributed by atoms with E-state index in [9.17, 15) is 4.79 Å². The van der Waals surface area contributed by atoms with Gasteiger partial charge in [-0.25, -0.2) is 0 Å². The maximum atomic E-state index is 12.4. The molecule has 0 bridgehead atoms. The van der Waals surface area contributed by atoms with Crippen molar-refractivity contribution in [3.8, 4) is 6.07 Å². The van der Waals surface area contributed by atoms with Crippen LogP contribution in [-0.4, -0.2) is 64.4 Å². The lowest BCUT2D eigenvalue weighted by Crippen LogP contribution is -2.49. The van der Waals surface area contributed by atoms with Crippen LogP contribution in [0.1, 0.15) is 28.9 Å². The zero-order chi connectivity index (χ0) is 14.7. The van der Waals surface area contributed by atoms with E-state index in [0.717, 1.165) is 25.9 Å². The summed E-state index contributed by atoms with van der Waals surface area (Å²) in [7, 11) is 0. The maximum Gasteiger partial charge on any atom is 0.270 e. The van der Waals surface area contributed by atoms with Crippen molar-refractivity contribution in [3.63, 3.8) is 0 Å². The Bertz CT molecular complexity index is 536. The fraction of sp³-hybridized carbons (Fsp3) is 0.600. The Morgan fingerprint density at radius 2 is 2.00 bits per heavy atom. The number of hydrogen-bond acceptors (Lipinski definition) is 4. The lowest BCUT2D eigenvalue weighted by Gasteiger charge is -2.39. The highest BCUT2D eigenvalue weighted by atomic mass is 32.2. The average Bonchev–Trinajstić information content (AvgIpc) is 3.04. The van der Waals surface area contributed by atoms with E-state index in [0.29, 0.717) is 17.3 Å². The summed E-state index contributed by atoms with van der Waals surface area (Å²) in [5, 5.41) is 8.82. The van der Waals surface area contributed by atoms with E-state index in [1.54, 1.807) is 12.3 Å². The van der Waals surface area contributed by atoms with E-state index < -0.39 is 0 Å². The molecule has 112 valence electrons. The van der Waals surface area contributed by atoms with E-state index in [1.165, 1.54) is 24.6 Å². The maximum absolute atomic E-state index is 12.4. The topological polar surface area (TPSA) is 63.1 Å². The molecule has 5 nitrogen and oxygen atoms in total. The number of piperidine rings is 1. The van der Waals surface area contributed by atoms with Gasteiger partial charge in [-0.1, -0.05) is 0 Å². The standard InChI is InChI=1S/C15H20N4OS/c16-10-12-9-14(17-11-12)15(20)19-3-1-13(2-4-19)18-5-7-21-8-6-18/h9,11,13,17H,1-8H2. The number of aromatic amines is 1. The van der Waals surface area contributed by atoms with Gasteiger partial charge in [0.1, 0.15) is 11.8 Å². The molecule has 3 heterocycles. The van der Waals surface area contributed by atoms with E-state index >= 15 is 0 Å². The predicted molar refractivity (Wildman–Crippen MR) is 83.3 cm³/mol. The van der Waals surface area contributed by atoms with Crippen LogP contribution in [0.5, 0.6) is 0 Å². The normalized spacial score (nSPS) is 21.2. The number of rotatable bonds is 2. The molecule has 1 aromatic heterocycles. The fourth-order valence-electron chi connectivity index (χ4n) is 3.13. The third kappa shape index (κ3) is 3.25. The Morgan fingerprint density at radius 3 is 2.62 bits per heavy atom. The molecule has 2 aliphatic rings. The lowest BCUT2D eigenvalue weighted by molar-refractivity contribution is 0.0626. The molecule has 1 amide bonds. The number of amides is 1. The summed E-state index contributed by atoms with van der Waals surface area (Å²) in [6, 6.07) is 4.31. The quantitative estimate of drug-likeness (QED) is 0.900. The van der Waals surface area contributed by atoms with Crippen molar-refractivity contribution in [2.24, 2.45) is 0 Å². The van der Waals surface area contributed by atoms with Gasteiger partial charge in [-0.2, -0.15) is 17.0 Å². The molecule has 0 radical (unpaired) electrons. The third-order valence-electron chi connectivity index (χ3n) is 4.36. The van der Waals surface area contributed by atoms with Crippen LogP contribution in [-0.2, 0) is 0 Å². The first-order valence-corrected chi connectivity index (χ1v) is 8.63. The molecule has 2 saturated heterocycles. The smallest absolute Gasteiger partial charge is 0.270 e. The Kier molecular flexibility index (Phi) is 4.51. The third-order valence-corrected chi connectivity index (χ3v) is 5.30. The highest BCUT2D eigenvalue weighted by Gasteiger charge is 2.28. The Balaban J connectivity index is 1.55. The summed E-state index contributed by atoms with van der Waals surface area (Å²) >= 11 is 2.03. The number of nitrogens with one attached hydrogen (secondary N) is 1. The van der Waals surface area contributed by atoms with Crippen molar-refractivity contribution < 1.29 is 4.79 Å². The van der Waals surface area contributed by atoms with Gasteiger partial charge in [0.25, 0.3) is 5.91 Å². The first-order chi connectivity index (χ1) is 10.3. The van der Waals surface area contributed by atoms with E-state index in [1.807, 2.05) is 22.7 Å². The average molecular weight is 304 g/mol. The minimum atomic E-state index is 0.0177. The monoisotopic (exact) mass is 304 g/mol. The first kappa shape index (κ1) is 14.5. The van der Waals surface area contributed by atoms with Crippen LogP contribution in [0.2, 0.25) is 0 Å². The van der Waals surface area contributed by atoms with E-state index in [4.69, 9.17) is 5.26 Å². The molecule has 0 spiro atoms. The number of aromatic nitrogens is 1. The summed E-state index contributed by atoms with van der Waals surface area (Å²) < 4.78 is 0. The van der Waals surface area contributed by atoms with Gasteiger partial charge < -0.3 is 9.88 Å². The number of carbonyl (C=O) groups is 1. The van der Waals surface area contributed by atoms with Crippen molar-refractivity contribution in [1.29, 1.82) is 5.26 Å². The number of likely N-dealkylation sites (tertiary alicyclic amines) is 1. The molecule has 0 unspecified atom stereocenters. The number of hydrogen-bond donors (Lipinski definition) is 1. The highest BCUT2D eigenvalue weighted by molar-refractivity contribution is 7.99. The van der Waals surface area contributed by atoms with Crippen molar-refractivity contribution in [1.82, 2.24) is 14.8 Å². The molecule has 0 atom stereocenters. The van der Waals surface area contributed by atoms with Crippen molar-refractivity contribution in [3.05, 3.63) is 23.5 Å². The van der Waals surface area contributed by atoms with Crippen LogP contribution in [0.3, 0.4) is 0 Å². The lowest BCUT2D eigenvalue weighted by atomic mass is 10.0. The second-order valence-corrected chi connectivity index (χ2v) is 6.81. The molecule has 0 aliphatic carbocycles. The van der Waals surface area contributed by atoms with Crippen LogP contribution in [0.25, 0.3) is 0 Å². The van der Waals surface area contributed by atoms with Crippen molar-refractivity contribution >= 4 is 17.7 Å². The number of nitrogens with zero attached hydrogens (tertiary/aromatic N) is 3. The van der Waals surface area contributed by atoms with Gasteiger partial charge in [-0.05, 0) is 18.9 Å². The molecule has 0 saturated carbocycles. The first-order valence-electron chi connectivity index (χ1n) is 7.47. The Labute approximate surface area is 129 Å². The summed E-state index contributed by atoms with van der Waals surface area (Å²) in [5.41, 5.74) is 1.04. The molecule has 0 aromatic carbocycles. The molecule has 6 heteroatoms. The minimum absolute atomic E-state index is 0.0177. The largest absolute Gasteiger partial charge is 0.356 e. The molecule has 1 N–H and O–H groups in total. The van der Waals surface area contributed by atoms with Crippen molar-refractivity contribution in [2.45, 2.75) is 18.9 Å². The van der Waals surface area contributed by atoms with Gasteiger partial charge in [-0.15, -0.1) is 0 Å². The highest BCUT2D eigenvalue weighted by Crippen LogP contribution is 2.21. The Morgan fingerprint density at radius 1 is 1.29 bits per heavy atom. The SMILES string of the molecule is N#Cc1c[nH]c(C(=O)N2CCC(N3CCSCC3)CC2)c1. The zero-order valence-corrected chi connectivity index (χ0v) is 12.9. The molecular formula is C15H20N4OS. The number of H-pyrrole nitrogens is 1. The molecule has 3 rings (SSSR count). The van der Waals surface area contributed by atoms with Crippen LogP contribution in [0.15, 0.2) is 12.3 Å². The molecule has 2 aliphatic heterocycles. The van der Waals surface area contributed by atoms with Crippen LogP contribution < -0.4 is 0 Å². The predicted octanol–water partition coefficient (Wildman–Crippen LogP) is 1.54. The van der Waals surface area contributed by atoms with Gasteiger partial charge in [0.05, 0.1) is 5.56 Å². The molecule has 21 heavy (non-hydrogen) atoms. The second kappa shape index (κ2) is 6.54. The van der Waals surface area contributed by atoms with Crippen LogP contribution in [0.4, 0.5) is 0 Å². The zero-order valence-electron chi connectivity index (χ0n) is 12.0. The summed E-state index contributed by atoms with van der Waals surface area (Å²) in [4.78, 5) is 19.8. The van der Waals surface area contributed by atoms with Crippen LogP contribution in [0, 0.1) is 11.3 Å². The van der Waals surface area contributed by atoms with E-state index in [2.05, 4.69) is 9.88 Å². The summed E-state index contributed by atoms with van der Waals surface area (Å²) in [6.45, 7) is 4.00. The van der Waals surface area contributed by atoms with Gasteiger partial charge in [-0.3, -0.25) is 9.69 Å². The summed E-state index contributed by atoms with van der Waals surface area (Å²) in [5.74, 6) is 2.49. The Hall–Kier alpha value is -1.45. The van der Waals surface area contributed by atoms with Gasteiger partial charge in [0, 0.05) is 49.9 Å². The molecular weight excluding hydrogens is 284 g/mol. The van der Waals surface area contributed by atoms with Gasteiger partial charge >= 0.3 is 0 Å². The van der Waals surface area contributed by atoms with E-state index in [-0.39, 0.29) is 5.91 Å². The van der Waals surface area contributed by atoms with Crippen LogP contribution >= 0.6 is 11.8 Å². The van der Waals surface area contributed by atoms with Gasteiger partial charge in [0.2, 0.25) is 0 Å².